The first-order chi connectivity index (χ1) is 14.7. The lowest BCUT2D eigenvalue weighted by Crippen LogP contribution is -2.37. The van der Waals surface area contributed by atoms with Gasteiger partial charge in [-0.2, -0.15) is 0 Å². The van der Waals surface area contributed by atoms with Crippen molar-refractivity contribution in [3.63, 3.8) is 0 Å². The molecule has 1 aromatic carbocycles. The van der Waals surface area contributed by atoms with Crippen LogP contribution in [-0.2, 0) is 16.8 Å². The summed E-state index contributed by atoms with van der Waals surface area (Å²) in [4.78, 5) is 29.1. The molecule has 0 bridgehead atoms. The highest BCUT2D eigenvalue weighted by atomic mass is 16.3. The van der Waals surface area contributed by atoms with E-state index in [1.807, 2.05) is 12.1 Å². The zero-order valence-electron chi connectivity index (χ0n) is 17.5. The van der Waals surface area contributed by atoms with Gasteiger partial charge in [-0.05, 0) is 29.2 Å². The molecule has 3 heterocycles. The molecule has 1 aliphatic rings. The van der Waals surface area contributed by atoms with Gasteiger partial charge >= 0.3 is 0 Å². The summed E-state index contributed by atoms with van der Waals surface area (Å²) in [5.74, 6) is -0.775. The molecule has 0 radical (unpaired) electrons. The molecule has 0 unspecified atom stereocenters. The molecule has 0 saturated carbocycles. The third-order valence-electron chi connectivity index (χ3n) is 5.19. The van der Waals surface area contributed by atoms with Crippen LogP contribution in [0.3, 0.4) is 0 Å². The standard InChI is InChI=1S/C24H23N3O4/c1-24(2,3)15-4-5-17-18(8-15)20(23(30)27-22(17)29)11-25-10-16-9-21(28)19(12-26-16)14-6-7-31-13-14/h4-9,11-13,25H,10H2,1-3H3,(H,26,28)(H,27,29,30)/b20-11+. The molecule has 0 spiro atoms. The van der Waals surface area contributed by atoms with Crippen molar-refractivity contribution >= 4 is 17.4 Å². The number of carbonyl (C=O) groups excluding carboxylic acids is 2. The third-order valence-corrected chi connectivity index (χ3v) is 5.19. The number of imide groups is 1. The topological polar surface area (TPSA) is 104 Å². The number of amides is 2. The Hall–Kier alpha value is -3.87. The van der Waals surface area contributed by atoms with Crippen molar-refractivity contribution < 1.29 is 19.1 Å². The number of hydrogen-bond acceptors (Lipinski definition) is 6. The van der Waals surface area contributed by atoms with Gasteiger partial charge in [-0.3, -0.25) is 19.9 Å². The Morgan fingerprint density at radius 2 is 1.90 bits per heavy atom. The largest absolute Gasteiger partial charge is 0.507 e. The summed E-state index contributed by atoms with van der Waals surface area (Å²) in [5.41, 5.74) is 4.24. The second-order valence-electron chi connectivity index (χ2n) is 8.44. The van der Waals surface area contributed by atoms with Crippen LogP contribution in [-0.4, -0.2) is 21.9 Å². The van der Waals surface area contributed by atoms with Gasteiger partial charge < -0.3 is 14.8 Å². The maximum absolute atomic E-state index is 12.5. The van der Waals surface area contributed by atoms with Gasteiger partial charge in [-0.15, -0.1) is 0 Å². The number of nitrogens with zero attached hydrogens (tertiary/aromatic N) is 1. The SMILES string of the molecule is CC(C)(C)c1ccc2c(c1)/C(=C\NCc1cc(O)c(-c3ccoc3)cn1)C(=O)NC2=O. The fourth-order valence-corrected chi connectivity index (χ4v) is 3.42. The predicted molar refractivity (Wildman–Crippen MR) is 116 cm³/mol. The molecule has 158 valence electrons. The van der Waals surface area contributed by atoms with E-state index >= 15 is 0 Å². The Bertz CT molecular complexity index is 1190. The summed E-state index contributed by atoms with van der Waals surface area (Å²) in [7, 11) is 0. The van der Waals surface area contributed by atoms with Gasteiger partial charge in [-0.25, -0.2) is 0 Å². The molecule has 3 N–H and O–H groups in total. The van der Waals surface area contributed by atoms with Crippen LogP contribution in [0, 0.1) is 0 Å². The molecular formula is C24H23N3O4. The van der Waals surface area contributed by atoms with E-state index in [0.717, 1.165) is 11.1 Å². The van der Waals surface area contributed by atoms with E-state index in [4.69, 9.17) is 4.42 Å². The quantitative estimate of drug-likeness (QED) is 0.441. The summed E-state index contributed by atoms with van der Waals surface area (Å²) >= 11 is 0. The lowest BCUT2D eigenvalue weighted by molar-refractivity contribution is -0.114. The van der Waals surface area contributed by atoms with Crippen molar-refractivity contribution in [2.75, 3.05) is 0 Å². The molecule has 0 saturated heterocycles. The van der Waals surface area contributed by atoms with Crippen LogP contribution in [0.15, 0.2) is 59.7 Å². The van der Waals surface area contributed by atoms with Crippen LogP contribution < -0.4 is 10.6 Å². The van der Waals surface area contributed by atoms with Crippen LogP contribution in [0.25, 0.3) is 16.7 Å². The Balaban J connectivity index is 1.58. The number of pyridine rings is 1. The molecule has 4 rings (SSSR count). The highest BCUT2D eigenvalue weighted by Crippen LogP contribution is 2.31. The molecule has 1 aliphatic heterocycles. The fraction of sp³-hybridized carbons (Fsp3) is 0.208. The lowest BCUT2D eigenvalue weighted by Gasteiger charge is -2.24. The number of aromatic hydroxyl groups is 1. The molecule has 2 aromatic heterocycles. The van der Waals surface area contributed by atoms with Crippen molar-refractivity contribution in [3.8, 4) is 16.9 Å². The Morgan fingerprint density at radius 3 is 2.58 bits per heavy atom. The Labute approximate surface area is 179 Å². The molecule has 0 aliphatic carbocycles. The minimum Gasteiger partial charge on any atom is -0.507 e. The minimum atomic E-state index is -0.456. The first-order valence-electron chi connectivity index (χ1n) is 9.88. The van der Waals surface area contributed by atoms with Crippen molar-refractivity contribution in [3.05, 3.63) is 77.6 Å². The van der Waals surface area contributed by atoms with Crippen molar-refractivity contribution in [2.45, 2.75) is 32.7 Å². The zero-order chi connectivity index (χ0) is 22.2. The van der Waals surface area contributed by atoms with Crippen LogP contribution >= 0.6 is 0 Å². The second kappa shape index (κ2) is 7.75. The molecular weight excluding hydrogens is 394 g/mol. The maximum Gasteiger partial charge on any atom is 0.260 e. The average Bonchev–Trinajstić information content (AvgIpc) is 3.24. The molecule has 0 atom stereocenters. The van der Waals surface area contributed by atoms with Crippen LogP contribution in [0.5, 0.6) is 5.75 Å². The maximum atomic E-state index is 12.5. The predicted octanol–water partition coefficient (Wildman–Crippen LogP) is 3.75. The van der Waals surface area contributed by atoms with E-state index in [1.165, 1.54) is 12.5 Å². The number of aromatic nitrogens is 1. The van der Waals surface area contributed by atoms with E-state index in [9.17, 15) is 14.7 Å². The van der Waals surface area contributed by atoms with Crippen LogP contribution in [0.1, 0.15) is 48.0 Å². The molecule has 0 fully saturated rings. The highest BCUT2D eigenvalue weighted by molar-refractivity contribution is 6.31. The van der Waals surface area contributed by atoms with E-state index in [0.29, 0.717) is 28.0 Å². The van der Waals surface area contributed by atoms with E-state index in [1.54, 1.807) is 30.6 Å². The number of nitrogens with one attached hydrogen (secondary N) is 2. The van der Waals surface area contributed by atoms with Gasteiger partial charge in [-0.1, -0.05) is 26.8 Å². The van der Waals surface area contributed by atoms with E-state index in [-0.39, 0.29) is 17.7 Å². The number of carbonyl (C=O) groups is 2. The van der Waals surface area contributed by atoms with E-state index < -0.39 is 11.8 Å². The summed E-state index contributed by atoms with van der Waals surface area (Å²) in [5, 5.41) is 15.7. The summed E-state index contributed by atoms with van der Waals surface area (Å²) in [6.45, 7) is 6.52. The van der Waals surface area contributed by atoms with Crippen LogP contribution in [0.4, 0.5) is 0 Å². The molecule has 3 aromatic rings. The number of hydrogen-bond donors (Lipinski definition) is 3. The average molecular weight is 417 g/mol. The van der Waals surface area contributed by atoms with Crippen LogP contribution in [0.2, 0.25) is 0 Å². The van der Waals surface area contributed by atoms with Gasteiger partial charge in [0, 0.05) is 40.7 Å². The molecule has 31 heavy (non-hydrogen) atoms. The summed E-state index contributed by atoms with van der Waals surface area (Å²) < 4.78 is 5.04. The monoisotopic (exact) mass is 417 g/mol. The number of benzene rings is 1. The van der Waals surface area contributed by atoms with Gasteiger partial charge in [0.15, 0.2) is 0 Å². The van der Waals surface area contributed by atoms with Crippen molar-refractivity contribution in [1.29, 1.82) is 0 Å². The van der Waals surface area contributed by atoms with Crippen molar-refractivity contribution in [1.82, 2.24) is 15.6 Å². The number of rotatable bonds is 4. The third kappa shape index (κ3) is 4.07. The summed E-state index contributed by atoms with van der Waals surface area (Å²) in [6, 6.07) is 8.85. The zero-order valence-corrected chi connectivity index (χ0v) is 17.5. The first-order valence-corrected chi connectivity index (χ1v) is 9.88. The highest BCUT2D eigenvalue weighted by Gasteiger charge is 2.28. The fourth-order valence-electron chi connectivity index (χ4n) is 3.42. The normalized spacial score (nSPS) is 15.0. The lowest BCUT2D eigenvalue weighted by atomic mass is 9.83. The first kappa shape index (κ1) is 20.4. The Morgan fingerprint density at radius 1 is 1.10 bits per heavy atom. The van der Waals surface area contributed by atoms with Gasteiger partial charge in [0.05, 0.1) is 30.3 Å². The van der Waals surface area contributed by atoms with Gasteiger partial charge in [0.25, 0.3) is 11.8 Å². The second-order valence-corrected chi connectivity index (χ2v) is 8.44. The summed E-state index contributed by atoms with van der Waals surface area (Å²) in [6.07, 6.45) is 6.21. The smallest absolute Gasteiger partial charge is 0.260 e. The van der Waals surface area contributed by atoms with Gasteiger partial charge in [0.1, 0.15) is 5.75 Å². The minimum absolute atomic E-state index is 0.0852. The Kier molecular flexibility index (Phi) is 5.10. The number of fused-ring (bicyclic) bond motifs is 1. The molecule has 7 nitrogen and oxygen atoms in total. The molecule has 2 amide bonds. The van der Waals surface area contributed by atoms with Crippen molar-refractivity contribution in [2.24, 2.45) is 0 Å². The van der Waals surface area contributed by atoms with Gasteiger partial charge in [0.2, 0.25) is 0 Å². The van der Waals surface area contributed by atoms with E-state index in [2.05, 4.69) is 36.4 Å². The number of furan rings is 1. The molecule has 7 heteroatoms.